The predicted molar refractivity (Wildman–Crippen MR) is 242 cm³/mol. The van der Waals surface area contributed by atoms with E-state index in [0.717, 1.165) is 5.56 Å². The van der Waals surface area contributed by atoms with Crippen LogP contribution in [0.3, 0.4) is 0 Å². The van der Waals surface area contributed by atoms with Crippen LogP contribution >= 0.6 is 0 Å². The highest BCUT2D eigenvalue weighted by Gasteiger charge is 2.33. The van der Waals surface area contributed by atoms with Crippen molar-refractivity contribution >= 4 is 53.2 Å². The van der Waals surface area contributed by atoms with E-state index < -0.39 is 90.1 Å². The number of primary amides is 1. The van der Waals surface area contributed by atoms with Gasteiger partial charge in [0.25, 0.3) is 0 Å². The Hall–Kier alpha value is -7.35. The van der Waals surface area contributed by atoms with Gasteiger partial charge in [-0.25, -0.2) is 0 Å². The zero-order valence-electron chi connectivity index (χ0n) is 36.8. The van der Waals surface area contributed by atoms with Crippen LogP contribution in [0.1, 0.15) is 50.3 Å². The molecule has 0 unspecified atom stereocenters. The van der Waals surface area contributed by atoms with Crippen LogP contribution in [0, 0.1) is 5.41 Å². The summed E-state index contributed by atoms with van der Waals surface area (Å²) in [5, 5.41) is 28.1. The Kier molecular flexibility index (Phi) is 21.1. The Labute approximate surface area is 377 Å². The van der Waals surface area contributed by atoms with Crippen molar-refractivity contribution < 1.29 is 43.5 Å². The number of hydrogen-bond acceptors (Lipinski definition) is 10. The second kappa shape index (κ2) is 26.3. The van der Waals surface area contributed by atoms with E-state index in [2.05, 4.69) is 42.2 Å². The number of aliphatic hydroxyl groups excluding tert-OH is 1. The molecule has 65 heavy (non-hydrogen) atoms. The molecule has 3 rings (SSSR count). The fourth-order valence-electron chi connectivity index (χ4n) is 6.16. The summed E-state index contributed by atoms with van der Waals surface area (Å²) in [5.41, 5.74) is 17.8. The van der Waals surface area contributed by atoms with Crippen LogP contribution in [0.2, 0.25) is 0 Å². The topological polar surface area (TPSA) is 331 Å². The number of carbonyl (C=O) groups excluding carboxylic acids is 8. The van der Waals surface area contributed by atoms with Crippen LogP contribution in [-0.2, 0) is 57.6 Å². The molecule has 5 atom stereocenters. The molecular weight excluding hydrogens is 839 g/mol. The number of benzene rings is 3. The smallest absolute Gasteiger partial charge is 0.245 e. The number of nitrogens with two attached hydrogens (primary N) is 3. The van der Waals surface area contributed by atoms with E-state index in [4.69, 9.17) is 17.2 Å². The fraction of sp³-hybridized carbons (Fsp3) is 0.400. The average Bonchev–Trinajstić information content (AvgIpc) is 3.27. The molecule has 20 heteroatoms. The fourth-order valence-corrected chi connectivity index (χ4v) is 6.16. The molecule has 3 aromatic carbocycles. The van der Waals surface area contributed by atoms with Gasteiger partial charge in [-0.1, -0.05) is 112 Å². The van der Waals surface area contributed by atoms with Gasteiger partial charge < -0.3 is 59.5 Å². The molecule has 0 heterocycles. The lowest BCUT2D eigenvalue weighted by atomic mass is 9.96. The lowest BCUT2D eigenvalue weighted by Crippen LogP contribution is -2.60. The summed E-state index contributed by atoms with van der Waals surface area (Å²) >= 11 is 0. The molecular formula is C45H61N11O9. The van der Waals surface area contributed by atoms with Gasteiger partial charge in [-0.2, -0.15) is 0 Å². The highest BCUT2D eigenvalue weighted by Crippen LogP contribution is 2.12. The normalized spacial score (nSPS) is 13.2. The van der Waals surface area contributed by atoms with Gasteiger partial charge in [-0.15, -0.1) is 0 Å². The molecule has 3 aromatic rings. The van der Waals surface area contributed by atoms with E-state index in [-0.39, 0.29) is 57.1 Å². The first kappa shape index (κ1) is 52.0. The van der Waals surface area contributed by atoms with Crippen molar-refractivity contribution in [1.82, 2.24) is 37.2 Å². The van der Waals surface area contributed by atoms with Gasteiger partial charge in [0.05, 0.1) is 19.7 Å². The maximum atomic E-state index is 14.1. The average molecular weight is 900 g/mol. The highest BCUT2D eigenvalue weighted by molar-refractivity contribution is 5.97. The quantitative estimate of drug-likeness (QED) is 0.0250. The lowest BCUT2D eigenvalue weighted by Gasteiger charge is -2.27. The highest BCUT2D eigenvalue weighted by atomic mass is 16.3. The van der Waals surface area contributed by atoms with Crippen LogP contribution in [0.4, 0.5) is 0 Å². The van der Waals surface area contributed by atoms with Crippen LogP contribution in [0.5, 0.6) is 0 Å². The maximum Gasteiger partial charge on any atom is 0.245 e. The second-order valence-electron chi connectivity index (χ2n) is 16.2. The number of guanidine groups is 1. The maximum absolute atomic E-state index is 14.1. The molecule has 0 radical (unpaired) electrons. The van der Waals surface area contributed by atoms with E-state index in [0.29, 0.717) is 11.1 Å². The number of aliphatic hydroxyl groups is 1. The summed E-state index contributed by atoms with van der Waals surface area (Å²) in [5.74, 6) is -6.19. The lowest BCUT2D eigenvalue weighted by molar-refractivity contribution is -0.135. The third kappa shape index (κ3) is 19.3. The van der Waals surface area contributed by atoms with Crippen molar-refractivity contribution in [2.45, 2.75) is 83.1 Å². The van der Waals surface area contributed by atoms with Gasteiger partial charge in [-0.05, 0) is 29.5 Å². The van der Waals surface area contributed by atoms with E-state index in [1.165, 1.54) is 0 Å². The number of nitrogens with one attached hydrogen (secondary N) is 7. The second-order valence-corrected chi connectivity index (χ2v) is 16.2. The Bertz CT molecular complexity index is 2100. The molecule has 14 N–H and O–H groups in total. The Morgan fingerprint density at radius 2 is 0.938 bits per heavy atom. The van der Waals surface area contributed by atoms with Crippen molar-refractivity contribution in [1.29, 1.82) is 0 Å². The SMILES string of the molecule is CC(C)(C)C(=O)NCC(=O)NCC(=O)N[C@@H](Cc1ccccc1)C(=O)N[C@@H](CO)C(=O)N[C@@H](Cc1ccccc1)C(=O)N[C@@H](CCCN=C(N)N)C(=O)N[C@@H](Cc1ccccc1)C(N)=O. The number of rotatable bonds is 25. The number of carbonyl (C=O) groups is 8. The molecule has 0 fully saturated rings. The Morgan fingerprint density at radius 1 is 0.538 bits per heavy atom. The molecule has 0 saturated carbocycles. The summed E-state index contributed by atoms with van der Waals surface area (Å²) < 4.78 is 0. The summed E-state index contributed by atoms with van der Waals surface area (Å²) in [6.07, 6.45) is 0.138. The molecule has 20 nitrogen and oxygen atoms in total. The van der Waals surface area contributed by atoms with Crippen LogP contribution in [-0.4, -0.2) is 115 Å². The van der Waals surface area contributed by atoms with Gasteiger partial charge in [0.15, 0.2) is 5.96 Å². The minimum absolute atomic E-state index is 0.00152. The van der Waals surface area contributed by atoms with Crippen LogP contribution < -0.4 is 54.4 Å². The summed E-state index contributed by atoms with van der Waals surface area (Å²) in [4.78, 5) is 109. The molecule has 0 aliphatic carbocycles. The van der Waals surface area contributed by atoms with Crippen molar-refractivity contribution in [3.8, 4) is 0 Å². The van der Waals surface area contributed by atoms with Gasteiger partial charge in [-0.3, -0.25) is 43.3 Å². The van der Waals surface area contributed by atoms with Gasteiger partial charge in [0.2, 0.25) is 47.3 Å². The first-order valence-corrected chi connectivity index (χ1v) is 21.0. The molecule has 0 aliphatic rings. The van der Waals surface area contributed by atoms with E-state index >= 15 is 0 Å². The molecule has 350 valence electrons. The largest absolute Gasteiger partial charge is 0.394 e. The van der Waals surface area contributed by atoms with Crippen molar-refractivity contribution in [3.63, 3.8) is 0 Å². The van der Waals surface area contributed by atoms with E-state index in [9.17, 15) is 43.5 Å². The van der Waals surface area contributed by atoms with Crippen molar-refractivity contribution in [3.05, 3.63) is 108 Å². The molecule has 0 saturated heterocycles. The number of nitrogens with zero attached hydrogens (tertiary/aromatic N) is 1. The van der Waals surface area contributed by atoms with E-state index in [1.807, 2.05) is 0 Å². The third-order valence-electron chi connectivity index (χ3n) is 9.72. The number of amides is 8. The summed E-state index contributed by atoms with van der Waals surface area (Å²) in [6, 6.07) is 19.3. The molecule has 0 bridgehead atoms. The van der Waals surface area contributed by atoms with Crippen molar-refractivity contribution in [2.24, 2.45) is 27.6 Å². The minimum Gasteiger partial charge on any atom is -0.394 e. The number of aliphatic imine (C=N–C) groups is 1. The van der Waals surface area contributed by atoms with Crippen LogP contribution in [0.25, 0.3) is 0 Å². The predicted octanol–water partition coefficient (Wildman–Crippen LogP) is -2.05. The monoisotopic (exact) mass is 899 g/mol. The van der Waals surface area contributed by atoms with Gasteiger partial charge >= 0.3 is 0 Å². The molecule has 0 aromatic heterocycles. The first-order valence-electron chi connectivity index (χ1n) is 21.0. The molecule has 0 aliphatic heterocycles. The third-order valence-corrected chi connectivity index (χ3v) is 9.72. The zero-order chi connectivity index (χ0) is 47.9. The zero-order valence-corrected chi connectivity index (χ0v) is 36.8. The summed E-state index contributed by atoms with van der Waals surface area (Å²) in [6.45, 7) is 3.27. The van der Waals surface area contributed by atoms with E-state index in [1.54, 1.807) is 112 Å². The Balaban J connectivity index is 1.80. The van der Waals surface area contributed by atoms with Crippen molar-refractivity contribution in [2.75, 3.05) is 26.2 Å². The Morgan fingerprint density at radius 3 is 1.40 bits per heavy atom. The standard InChI is InChI=1S/C45H61N11O9/c1-45(2,3)43(65)51-25-36(58)50-26-37(59)52-33(23-29-16-9-5-10-17-29)40(62)56-35(27-57)42(64)55-34(24-30-18-11-6-12-19-30)41(63)53-31(20-13-21-49-44(47)48)39(61)54-32(38(46)60)22-28-14-7-4-8-15-28/h4-12,14-19,31-35,57H,13,20-27H2,1-3H3,(H2,46,60)(H,50,58)(H,51,65)(H,52,59)(H,53,63)(H,54,61)(H,55,64)(H,56,62)(H4,47,48,49)/t31-,32-,33-,34-,35-/m0/s1. The van der Waals surface area contributed by atoms with Crippen LogP contribution in [0.15, 0.2) is 96.0 Å². The first-order chi connectivity index (χ1) is 30.9. The summed E-state index contributed by atoms with van der Waals surface area (Å²) in [7, 11) is 0. The molecule has 8 amide bonds. The molecule has 0 spiro atoms. The number of hydrogen-bond donors (Lipinski definition) is 11. The minimum atomic E-state index is -1.64. The van der Waals surface area contributed by atoms with Gasteiger partial charge in [0.1, 0.15) is 30.2 Å². The van der Waals surface area contributed by atoms with Gasteiger partial charge in [0, 0.05) is 31.2 Å².